The van der Waals surface area contributed by atoms with Crippen LogP contribution in [0.25, 0.3) is 0 Å². The fourth-order valence-corrected chi connectivity index (χ4v) is 3.49. The minimum absolute atomic E-state index is 0.145. The van der Waals surface area contributed by atoms with E-state index in [4.69, 9.17) is 0 Å². The highest BCUT2D eigenvalue weighted by atomic mass is 32.2. The SMILES string of the molecule is CC(C)[C@@H]1C(=O)O[B]N1S(=O)(=O)c1ccc([N+](=O)[O-])cc1. The molecule has 1 saturated heterocycles. The molecule has 1 aromatic rings. The molecule has 0 bridgehead atoms. The van der Waals surface area contributed by atoms with E-state index in [9.17, 15) is 23.3 Å². The van der Waals surface area contributed by atoms with Crippen molar-refractivity contribution in [3.8, 4) is 0 Å². The summed E-state index contributed by atoms with van der Waals surface area (Å²) >= 11 is 0. The molecule has 1 radical (unpaired) electrons. The van der Waals surface area contributed by atoms with Crippen molar-refractivity contribution in [1.29, 1.82) is 0 Å². The van der Waals surface area contributed by atoms with Gasteiger partial charge in [0.25, 0.3) is 5.69 Å². The molecule has 1 aliphatic heterocycles. The summed E-state index contributed by atoms with van der Waals surface area (Å²) in [7, 11) is -3.13. The Hall–Kier alpha value is -1.94. The predicted molar refractivity (Wildman–Crippen MR) is 72.6 cm³/mol. The average molecular weight is 311 g/mol. The monoisotopic (exact) mass is 311 g/mol. The summed E-state index contributed by atoms with van der Waals surface area (Å²) in [5.74, 6) is -0.917. The predicted octanol–water partition coefficient (Wildman–Crippen LogP) is 0.701. The Morgan fingerprint density at radius 2 is 1.90 bits per heavy atom. The van der Waals surface area contributed by atoms with Gasteiger partial charge in [-0.05, 0) is 18.1 Å². The van der Waals surface area contributed by atoms with Crippen molar-refractivity contribution in [2.75, 3.05) is 0 Å². The van der Waals surface area contributed by atoms with Crippen molar-refractivity contribution in [3.05, 3.63) is 34.4 Å². The first-order valence-electron chi connectivity index (χ1n) is 6.07. The maximum atomic E-state index is 12.5. The molecule has 1 fully saturated rings. The summed E-state index contributed by atoms with van der Waals surface area (Å²) in [5, 5.41) is 10.6. The molecule has 0 spiro atoms. The molecule has 21 heavy (non-hydrogen) atoms. The maximum Gasteiger partial charge on any atom is 0.498 e. The van der Waals surface area contributed by atoms with Gasteiger partial charge in [-0.3, -0.25) is 14.9 Å². The lowest BCUT2D eigenvalue weighted by molar-refractivity contribution is -0.384. The van der Waals surface area contributed by atoms with Gasteiger partial charge in [0, 0.05) is 12.1 Å². The summed E-state index contributed by atoms with van der Waals surface area (Å²) < 4.78 is 30.5. The Morgan fingerprint density at radius 3 is 2.38 bits per heavy atom. The largest absolute Gasteiger partial charge is 0.520 e. The molecule has 2 rings (SSSR count). The first-order valence-corrected chi connectivity index (χ1v) is 7.51. The molecular formula is C11H12BN2O6S. The molecule has 8 nitrogen and oxygen atoms in total. The molecule has 0 saturated carbocycles. The first-order chi connectivity index (χ1) is 9.75. The standard InChI is InChI=1S/C11H12BN2O6S/c1-7(2)10-11(15)20-12-13(10)21(18,19)9-5-3-8(4-6-9)14(16)17/h3-7,10H,1-2H3/t10-/m1/s1. The Balaban J connectivity index is 2.37. The number of sulfonamides is 1. The van der Waals surface area contributed by atoms with E-state index in [1.165, 1.54) is 0 Å². The number of non-ortho nitro benzene ring substituents is 1. The molecular weight excluding hydrogens is 299 g/mol. The third-order valence-electron chi connectivity index (χ3n) is 3.04. The number of rotatable bonds is 4. The van der Waals surface area contributed by atoms with Crippen molar-refractivity contribution in [2.24, 2.45) is 5.92 Å². The topological polar surface area (TPSA) is 107 Å². The highest BCUT2D eigenvalue weighted by Gasteiger charge is 2.46. The van der Waals surface area contributed by atoms with Gasteiger partial charge in [0.05, 0.1) is 9.82 Å². The zero-order chi connectivity index (χ0) is 15.8. The maximum absolute atomic E-state index is 12.5. The molecule has 1 aliphatic rings. The molecule has 1 atom stereocenters. The van der Waals surface area contributed by atoms with Gasteiger partial charge in [-0.1, -0.05) is 13.8 Å². The number of benzene rings is 1. The van der Waals surface area contributed by atoms with Crippen LogP contribution in [0.5, 0.6) is 0 Å². The summed E-state index contributed by atoms with van der Waals surface area (Å²) in [6.45, 7) is 3.40. The van der Waals surface area contributed by atoms with Gasteiger partial charge >= 0.3 is 13.6 Å². The lowest BCUT2D eigenvalue weighted by Gasteiger charge is -2.22. The van der Waals surface area contributed by atoms with Crippen LogP contribution in [0.3, 0.4) is 0 Å². The van der Waals surface area contributed by atoms with Crippen LogP contribution in [0, 0.1) is 16.0 Å². The van der Waals surface area contributed by atoms with Crippen LogP contribution in [-0.4, -0.2) is 37.2 Å². The second-order valence-corrected chi connectivity index (χ2v) is 6.66. The second kappa shape index (κ2) is 5.45. The molecule has 0 N–H and O–H groups in total. The summed E-state index contributed by atoms with van der Waals surface area (Å²) in [6, 6.07) is 3.50. The summed E-state index contributed by atoms with van der Waals surface area (Å²) in [5.41, 5.74) is -0.216. The highest BCUT2D eigenvalue weighted by Crippen LogP contribution is 2.26. The Morgan fingerprint density at radius 1 is 1.33 bits per heavy atom. The van der Waals surface area contributed by atoms with Crippen LogP contribution in [0.15, 0.2) is 29.2 Å². The minimum atomic E-state index is -4.00. The number of nitro groups is 1. The smallest absolute Gasteiger partial charge is 0.498 e. The Kier molecular flexibility index (Phi) is 4.01. The minimum Gasteiger partial charge on any atom is -0.520 e. The van der Waals surface area contributed by atoms with Gasteiger partial charge < -0.3 is 4.65 Å². The number of hydrogen-bond acceptors (Lipinski definition) is 6. The number of hydrogen-bond donors (Lipinski definition) is 0. The molecule has 1 heterocycles. The second-order valence-electron chi connectivity index (χ2n) is 4.82. The lowest BCUT2D eigenvalue weighted by Crippen LogP contribution is -2.42. The van der Waals surface area contributed by atoms with Gasteiger partial charge in [-0.2, -0.15) is 4.22 Å². The van der Waals surface area contributed by atoms with Crippen molar-refractivity contribution >= 4 is 29.3 Å². The molecule has 0 amide bonds. The van der Waals surface area contributed by atoms with Gasteiger partial charge in [-0.25, -0.2) is 8.42 Å². The third kappa shape index (κ3) is 2.76. The molecule has 10 heteroatoms. The molecule has 0 unspecified atom stereocenters. The van der Waals surface area contributed by atoms with E-state index in [0.29, 0.717) is 0 Å². The zero-order valence-electron chi connectivity index (χ0n) is 11.3. The molecule has 1 aromatic carbocycles. The van der Waals surface area contributed by atoms with Gasteiger partial charge in [0.15, 0.2) is 0 Å². The summed E-state index contributed by atoms with van der Waals surface area (Å²) in [4.78, 5) is 21.4. The van der Waals surface area contributed by atoms with Crippen LogP contribution in [0.1, 0.15) is 13.8 Å². The number of carbonyl (C=O) groups is 1. The molecule has 0 aromatic heterocycles. The van der Waals surface area contributed by atoms with Crippen LogP contribution in [-0.2, 0) is 19.5 Å². The van der Waals surface area contributed by atoms with Crippen LogP contribution < -0.4 is 0 Å². The van der Waals surface area contributed by atoms with E-state index in [1.54, 1.807) is 13.8 Å². The van der Waals surface area contributed by atoms with Crippen molar-refractivity contribution in [1.82, 2.24) is 4.22 Å². The molecule has 111 valence electrons. The van der Waals surface area contributed by atoms with Gasteiger partial charge in [0.1, 0.15) is 6.04 Å². The summed E-state index contributed by atoms with van der Waals surface area (Å²) in [6.07, 6.45) is 0. The third-order valence-corrected chi connectivity index (χ3v) is 4.78. The number of nitrogens with zero attached hydrogens (tertiary/aromatic N) is 2. The highest BCUT2D eigenvalue weighted by molar-refractivity contribution is 7.90. The zero-order valence-corrected chi connectivity index (χ0v) is 12.1. The van der Waals surface area contributed by atoms with Crippen LogP contribution in [0.4, 0.5) is 5.69 Å². The Labute approximate surface area is 122 Å². The number of nitro benzene ring substituents is 1. The van der Waals surface area contributed by atoms with Crippen molar-refractivity contribution in [2.45, 2.75) is 24.8 Å². The normalized spacial score (nSPS) is 19.4. The fourth-order valence-electron chi connectivity index (χ4n) is 1.98. The van der Waals surface area contributed by atoms with E-state index in [1.807, 2.05) is 0 Å². The van der Waals surface area contributed by atoms with E-state index in [0.717, 1.165) is 36.1 Å². The van der Waals surface area contributed by atoms with Crippen LogP contribution in [0.2, 0.25) is 0 Å². The van der Waals surface area contributed by atoms with Crippen molar-refractivity contribution < 1.29 is 22.8 Å². The van der Waals surface area contributed by atoms with E-state index >= 15 is 0 Å². The van der Waals surface area contributed by atoms with Crippen LogP contribution >= 0.6 is 0 Å². The number of carbonyl (C=O) groups excluding carboxylic acids is 1. The average Bonchev–Trinajstić information content (AvgIpc) is 2.81. The van der Waals surface area contributed by atoms with E-state index in [2.05, 4.69) is 4.65 Å². The lowest BCUT2D eigenvalue weighted by atomic mass is 10.0. The van der Waals surface area contributed by atoms with E-state index in [-0.39, 0.29) is 16.5 Å². The Bertz CT molecular complexity index is 672. The quantitative estimate of drug-likeness (QED) is 0.460. The fraction of sp³-hybridized carbons (Fsp3) is 0.364. The van der Waals surface area contributed by atoms with Gasteiger partial charge in [0.2, 0.25) is 10.0 Å². The van der Waals surface area contributed by atoms with Gasteiger partial charge in [-0.15, -0.1) is 0 Å². The van der Waals surface area contributed by atoms with E-state index < -0.39 is 27.0 Å². The van der Waals surface area contributed by atoms with Crippen molar-refractivity contribution in [3.63, 3.8) is 0 Å². The molecule has 0 aliphatic carbocycles. The first kappa shape index (κ1) is 15.5.